The number of nitro benzene ring substituents is 1. The second kappa shape index (κ2) is 10.9. The number of hydrazone groups is 1. The van der Waals surface area contributed by atoms with Gasteiger partial charge in [-0.3, -0.25) is 14.9 Å². The molecule has 0 fully saturated rings. The predicted molar refractivity (Wildman–Crippen MR) is 148 cm³/mol. The number of aromatic nitrogens is 1. The molecule has 0 unspecified atom stereocenters. The first-order valence-corrected chi connectivity index (χ1v) is 12.0. The van der Waals surface area contributed by atoms with E-state index in [0.29, 0.717) is 28.4 Å². The molecule has 0 aliphatic carbocycles. The lowest BCUT2D eigenvalue weighted by atomic mass is 10.1. The summed E-state index contributed by atoms with van der Waals surface area (Å²) in [7, 11) is 1.47. The molecule has 3 aromatic carbocycles. The minimum atomic E-state index is -0.488. The fourth-order valence-electron chi connectivity index (χ4n) is 4.27. The number of nitrogens with one attached hydrogen (secondary N) is 1. The lowest BCUT2D eigenvalue weighted by Crippen LogP contribution is -2.17. The summed E-state index contributed by atoms with van der Waals surface area (Å²) in [5, 5.41) is 15.1. The van der Waals surface area contributed by atoms with Crippen LogP contribution in [0.2, 0.25) is 0 Å². The van der Waals surface area contributed by atoms with E-state index in [1.807, 2.05) is 37.3 Å². The topological polar surface area (TPSA) is 112 Å². The number of nitro groups is 1. The van der Waals surface area contributed by atoms with Crippen molar-refractivity contribution in [3.8, 4) is 34.0 Å². The van der Waals surface area contributed by atoms with E-state index in [-0.39, 0.29) is 11.6 Å². The molecule has 9 nitrogen and oxygen atoms in total. The minimum absolute atomic E-state index is 0.0843. The molecule has 0 bridgehead atoms. The molecule has 9 heteroatoms. The molecule has 0 radical (unpaired) electrons. The molecule has 5 aromatic rings. The van der Waals surface area contributed by atoms with Crippen LogP contribution in [0, 0.1) is 17.0 Å². The monoisotopic (exact) mass is 520 g/mol. The van der Waals surface area contributed by atoms with Crippen LogP contribution < -0.4 is 10.2 Å². The Hall–Kier alpha value is -5.44. The molecule has 2 aromatic heterocycles. The maximum absolute atomic E-state index is 12.7. The van der Waals surface area contributed by atoms with Gasteiger partial charge >= 0.3 is 0 Å². The lowest BCUT2D eigenvalue weighted by molar-refractivity contribution is -0.384. The molecule has 1 N–H and O–H groups in total. The molecule has 0 atom stereocenters. The van der Waals surface area contributed by atoms with Crippen LogP contribution in [0.1, 0.15) is 21.8 Å². The third kappa shape index (κ3) is 5.33. The van der Waals surface area contributed by atoms with E-state index in [1.54, 1.807) is 24.3 Å². The van der Waals surface area contributed by atoms with Crippen LogP contribution in [0.5, 0.6) is 5.75 Å². The Balaban J connectivity index is 1.28. The normalized spacial score (nSPS) is 11.0. The maximum atomic E-state index is 12.7. The number of furan rings is 1. The van der Waals surface area contributed by atoms with Gasteiger partial charge in [-0.1, -0.05) is 30.3 Å². The van der Waals surface area contributed by atoms with Crippen LogP contribution in [0.25, 0.3) is 28.3 Å². The van der Waals surface area contributed by atoms with Crippen molar-refractivity contribution in [2.45, 2.75) is 6.92 Å². The number of nitrogens with zero attached hydrogens (tertiary/aromatic N) is 3. The van der Waals surface area contributed by atoms with Crippen LogP contribution in [0.3, 0.4) is 0 Å². The van der Waals surface area contributed by atoms with Gasteiger partial charge in [0.15, 0.2) is 0 Å². The number of hydrogen-bond acceptors (Lipinski definition) is 6. The van der Waals surface area contributed by atoms with Gasteiger partial charge in [0.25, 0.3) is 11.6 Å². The molecule has 0 spiro atoms. The molecule has 5 rings (SSSR count). The Labute approximate surface area is 224 Å². The van der Waals surface area contributed by atoms with Crippen LogP contribution in [-0.4, -0.2) is 28.7 Å². The van der Waals surface area contributed by atoms with E-state index in [9.17, 15) is 14.9 Å². The van der Waals surface area contributed by atoms with E-state index in [0.717, 1.165) is 22.6 Å². The van der Waals surface area contributed by atoms with Gasteiger partial charge in [0.1, 0.15) is 17.3 Å². The highest BCUT2D eigenvalue weighted by Gasteiger charge is 2.16. The van der Waals surface area contributed by atoms with Crippen LogP contribution in [-0.2, 0) is 0 Å². The van der Waals surface area contributed by atoms with Crippen molar-refractivity contribution in [3.63, 3.8) is 0 Å². The average Bonchev–Trinajstić information content (AvgIpc) is 3.60. The molecule has 0 aliphatic heterocycles. The largest absolute Gasteiger partial charge is 0.496 e. The third-order valence-electron chi connectivity index (χ3n) is 6.18. The number of methoxy groups -OCH3 is 1. The number of carbonyl (C=O) groups excluding carboxylic acids is 1. The van der Waals surface area contributed by atoms with Gasteiger partial charge in [-0.2, -0.15) is 5.10 Å². The number of ether oxygens (including phenoxy) is 1. The van der Waals surface area contributed by atoms with Gasteiger partial charge in [-0.15, -0.1) is 0 Å². The number of hydrogen-bond donors (Lipinski definition) is 1. The zero-order chi connectivity index (χ0) is 27.4. The third-order valence-corrected chi connectivity index (χ3v) is 6.18. The van der Waals surface area contributed by atoms with Gasteiger partial charge in [0, 0.05) is 29.1 Å². The number of amides is 1. The highest BCUT2D eigenvalue weighted by Crippen LogP contribution is 2.34. The molecule has 39 heavy (non-hydrogen) atoms. The molecule has 0 saturated heterocycles. The Morgan fingerprint density at radius 2 is 1.77 bits per heavy atom. The predicted octanol–water partition coefficient (Wildman–Crippen LogP) is 6.39. The van der Waals surface area contributed by atoms with E-state index >= 15 is 0 Å². The van der Waals surface area contributed by atoms with Crippen molar-refractivity contribution in [1.82, 2.24) is 9.99 Å². The Kier molecular flexibility index (Phi) is 7.05. The van der Waals surface area contributed by atoms with Gasteiger partial charge in [-0.05, 0) is 67.1 Å². The zero-order valence-corrected chi connectivity index (χ0v) is 21.2. The molecule has 0 saturated carbocycles. The smallest absolute Gasteiger partial charge is 0.271 e. The van der Waals surface area contributed by atoms with Crippen molar-refractivity contribution in [3.05, 3.63) is 124 Å². The van der Waals surface area contributed by atoms with E-state index in [4.69, 9.17) is 9.15 Å². The quantitative estimate of drug-likeness (QED) is 0.145. The first-order valence-electron chi connectivity index (χ1n) is 12.0. The number of rotatable bonds is 8. The summed E-state index contributed by atoms with van der Waals surface area (Å²) in [4.78, 5) is 23.3. The SMILES string of the molecule is COc1ccc([N+](=O)[O-])cc1-c1ccc(/C=N/NC(=O)c2ccc(-n3c(C)ccc3-c3ccccc3)cc2)o1. The molecule has 2 heterocycles. The second-order valence-corrected chi connectivity index (χ2v) is 8.65. The summed E-state index contributed by atoms with van der Waals surface area (Å²) >= 11 is 0. The Morgan fingerprint density at radius 3 is 2.49 bits per heavy atom. The van der Waals surface area contributed by atoms with Crippen molar-refractivity contribution in [2.24, 2.45) is 5.10 Å². The molecule has 0 aliphatic rings. The van der Waals surface area contributed by atoms with Crippen LogP contribution in [0.15, 0.2) is 107 Å². The zero-order valence-electron chi connectivity index (χ0n) is 21.2. The molecule has 1 amide bonds. The number of benzene rings is 3. The fourth-order valence-corrected chi connectivity index (χ4v) is 4.27. The van der Waals surface area contributed by atoms with Crippen molar-refractivity contribution >= 4 is 17.8 Å². The summed E-state index contributed by atoms with van der Waals surface area (Å²) < 4.78 is 13.2. The summed E-state index contributed by atoms with van der Waals surface area (Å²) in [5.41, 5.74) is 7.48. The maximum Gasteiger partial charge on any atom is 0.271 e. The lowest BCUT2D eigenvalue weighted by Gasteiger charge is -2.12. The Bertz CT molecular complexity index is 1670. The molecule has 194 valence electrons. The Morgan fingerprint density at radius 1 is 1.00 bits per heavy atom. The fraction of sp³-hybridized carbons (Fsp3) is 0.0667. The highest BCUT2D eigenvalue weighted by atomic mass is 16.6. The van der Waals surface area contributed by atoms with E-state index in [2.05, 4.69) is 39.4 Å². The summed E-state index contributed by atoms with van der Waals surface area (Å²) in [6, 6.07) is 29.1. The number of aryl methyl sites for hydroxylation is 1. The number of carbonyl (C=O) groups is 1. The average molecular weight is 521 g/mol. The standard InChI is InChI=1S/C30H24N4O5/c1-20-8-15-27(21-6-4-3-5-7-21)33(20)23-11-9-22(10-12-23)30(35)32-31-19-25-14-17-29(39-25)26-18-24(34(36)37)13-16-28(26)38-2/h3-19H,1-2H3,(H,32,35)/b31-19+. The minimum Gasteiger partial charge on any atom is -0.496 e. The van der Waals surface area contributed by atoms with Gasteiger partial charge < -0.3 is 13.7 Å². The highest BCUT2D eigenvalue weighted by molar-refractivity contribution is 5.95. The summed E-state index contributed by atoms with van der Waals surface area (Å²) in [5.74, 6) is 0.776. The first kappa shape index (κ1) is 25.2. The van der Waals surface area contributed by atoms with E-state index in [1.165, 1.54) is 31.5 Å². The van der Waals surface area contributed by atoms with Crippen molar-refractivity contribution < 1.29 is 18.9 Å². The van der Waals surface area contributed by atoms with Crippen molar-refractivity contribution in [2.75, 3.05) is 7.11 Å². The van der Waals surface area contributed by atoms with Gasteiger partial charge in [-0.25, -0.2) is 5.43 Å². The van der Waals surface area contributed by atoms with Crippen LogP contribution >= 0.6 is 0 Å². The van der Waals surface area contributed by atoms with Crippen LogP contribution in [0.4, 0.5) is 5.69 Å². The van der Waals surface area contributed by atoms with Gasteiger partial charge in [0.05, 0.1) is 29.5 Å². The summed E-state index contributed by atoms with van der Waals surface area (Å²) in [6.45, 7) is 2.04. The second-order valence-electron chi connectivity index (χ2n) is 8.65. The molecular formula is C30H24N4O5. The van der Waals surface area contributed by atoms with Gasteiger partial charge in [0.2, 0.25) is 0 Å². The molecular weight excluding hydrogens is 496 g/mol. The first-order chi connectivity index (χ1) is 18.9. The number of non-ortho nitro benzene ring substituents is 1. The summed E-state index contributed by atoms with van der Waals surface area (Å²) in [6.07, 6.45) is 1.36. The van der Waals surface area contributed by atoms with Crippen molar-refractivity contribution in [1.29, 1.82) is 0 Å². The van der Waals surface area contributed by atoms with E-state index < -0.39 is 4.92 Å².